The molecule has 82 valence electrons. The molecule has 1 nitrogen and oxygen atoms in total. The van der Waals surface area contributed by atoms with Crippen LogP contribution in [0.3, 0.4) is 0 Å². The highest BCUT2D eigenvalue weighted by Crippen LogP contribution is 2.45. The standard InChI is InChI=1S/C12H15BrClN/c13-9-4-3-5-10(14)11(9)12(8-15)6-1-2-7-12/h3-5H,1-2,6-8,15H2. The molecule has 0 unspecified atom stereocenters. The van der Waals surface area contributed by atoms with Crippen LogP contribution in [0.1, 0.15) is 31.2 Å². The van der Waals surface area contributed by atoms with E-state index in [-0.39, 0.29) is 5.41 Å². The fourth-order valence-corrected chi connectivity index (χ4v) is 3.89. The van der Waals surface area contributed by atoms with E-state index in [1.54, 1.807) is 0 Å². The van der Waals surface area contributed by atoms with Crippen molar-refractivity contribution in [3.05, 3.63) is 33.3 Å². The second-order valence-corrected chi connectivity index (χ2v) is 5.55. The fourth-order valence-electron chi connectivity index (χ4n) is 2.61. The summed E-state index contributed by atoms with van der Waals surface area (Å²) in [6.45, 7) is 0.690. The normalized spacial score (nSPS) is 19.4. The van der Waals surface area contributed by atoms with Crippen molar-refractivity contribution in [2.45, 2.75) is 31.1 Å². The molecule has 1 aromatic rings. The van der Waals surface area contributed by atoms with E-state index in [2.05, 4.69) is 22.0 Å². The molecule has 0 atom stereocenters. The molecule has 1 aliphatic rings. The Hall–Kier alpha value is -0.0500. The third-order valence-corrected chi connectivity index (χ3v) is 4.42. The third kappa shape index (κ3) is 1.95. The van der Waals surface area contributed by atoms with Crippen molar-refractivity contribution in [3.63, 3.8) is 0 Å². The minimum atomic E-state index is 0.108. The van der Waals surface area contributed by atoms with Crippen LogP contribution in [0, 0.1) is 0 Å². The zero-order valence-corrected chi connectivity index (χ0v) is 10.9. The van der Waals surface area contributed by atoms with Crippen molar-refractivity contribution in [1.82, 2.24) is 0 Å². The van der Waals surface area contributed by atoms with Gasteiger partial charge in [0.1, 0.15) is 0 Å². The van der Waals surface area contributed by atoms with E-state index in [0.29, 0.717) is 6.54 Å². The molecule has 2 N–H and O–H groups in total. The molecule has 1 aromatic carbocycles. The molecule has 2 rings (SSSR count). The van der Waals surface area contributed by atoms with E-state index >= 15 is 0 Å². The Morgan fingerprint density at radius 1 is 1.33 bits per heavy atom. The van der Waals surface area contributed by atoms with Gasteiger partial charge in [-0.25, -0.2) is 0 Å². The number of benzene rings is 1. The van der Waals surface area contributed by atoms with Crippen LogP contribution >= 0.6 is 27.5 Å². The van der Waals surface area contributed by atoms with Crippen LogP contribution in [0.4, 0.5) is 0 Å². The smallest absolute Gasteiger partial charge is 0.0455 e. The van der Waals surface area contributed by atoms with Crippen molar-refractivity contribution >= 4 is 27.5 Å². The van der Waals surface area contributed by atoms with Gasteiger partial charge in [-0.05, 0) is 30.5 Å². The number of hydrogen-bond donors (Lipinski definition) is 1. The Kier molecular flexibility index (Phi) is 3.39. The van der Waals surface area contributed by atoms with Gasteiger partial charge in [-0.2, -0.15) is 0 Å². The largest absolute Gasteiger partial charge is 0.330 e. The molecule has 0 spiro atoms. The van der Waals surface area contributed by atoms with Crippen molar-refractivity contribution in [2.24, 2.45) is 5.73 Å². The lowest BCUT2D eigenvalue weighted by atomic mass is 9.79. The fraction of sp³-hybridized carbons (Fsp3) is 0.500. The Morgan fingerprint density at radius 2 is 2.00 bits per heavy atom. The summed E-state index contributed by atoms with van der Waals surface area (Å²) >= 11 is 9.89. The first kappa shape index (κ1) is 11.4. The van der Waals surface area contributed by atoms with Gasteiger partial charge >= 0.3 is 0 Å². The SMILES string of the molecule is NCC1(c2c(Cl)cccc2Br)CCCC1. The van der Waals surface area contributed by atoms with Crippen molar-refractivity contribution in [1.29, 1.82) is 0 Å². The summed E-state index contributed by atoms with van der Waals surface area (Å²) in [6, 6.07) is 5.98. The molecule has 0 amide bonds. The highest BCUT2D eigenvalue weighted by atomic mass is 79.9. The molecular weight excluding hydrogens is 273 g/mol. The second-order valence-electron chi connectivity index (χ2n) is 4.29. The maximum absolute atomic E-state index is 6.29. The van der Waals surface area contributed by atoms with E-state index < -0.39 is 0 Å². The highest BCUT2D eigenvalue weighted by molar-refractivity contribution is 9.10. The summed E-state index contributed by atoms with van der Waals surface area (Å²) in [6.07, 6.45) is 4.83. The summed E-state index contributed by atoms with van der Waals surface area (Å²) in [5.41, 5.74) is 7.28. The zero-order chi connectivity index (χ0) is 10.9. The third-order valence-electron chi connectivity index (χ3n) is 3.44. The van der Waals surface area contributed by atoms with Crippen LogP contribution in [-0.2, 0) is 5.41 Å². The molecule has 1 aliphatic carbocycles. The first-order chi connectivity index (χ1) is 7.19. The number of nitrogens with two attached hydrogens (primary N) is 1. The molecule has 1 saturated carbocycles. The predicted octanol–water partition coefficient (Wildman–Crippen LogP) is 3.87. The van der Waals surface area contributed by atoms with Crippen LogP contribution in [0.2, 0.25) is 5.02 Å². The molecule has 1 fully saturated rings. The molecule has 0 aliphatic heterocycles. The minimum Gasteiger partial charge on any atom is -0.330 e. The lowest BCUT2D eigenvalue weighted by Crippen LogP contribution is -2.32. The highest BCUT2D eigenvalue weighted by Gasteiger charge is 2.37. The van der Waals surface area contributed by atoms with Gasteiger partial charge in [-0.15, -0.1) is 0 Å². The van der Waals surface area contributed by atoms with Crippen molar-refractivity contribution < 1.29 is 0 Å². The van der Waals surface area contributed by atoms with Gasteiger partial charge < -0.3 is 5.73 Å². The molecular formula is C12H15BrClN. The van der Waals surface area contributed by atoms with Gasteiger partial charge in [0.2, 0.25) is 0 Å². The Balaban J connectivity index is 2.51. The summed E-state index contributed by atoms with van der Waals surface area (Å²) in [4.78, 5) is 0. The van der Waals surface area contributed by atoms with Crippen LogP contribution < -0.4 is 5.73 Å². The first-order valence-corrected chi connectivity index (χ1v) is 6.51. The maximum Gasteiger partial charge on any atom is 0.0455 e. The second kappa shape index (κ2) is 4.44. The molecule has 15 heavy (non-hydrogen) atoms. The van der Waals surface area contributed by atoms with E-state index in [0.717, 1.165) is 22.3 Å². The van der Waals surface area contributed by atoms with E-state index in [1.165, 1.54) is 18.4 Å². The molecule has 3 heteroatoms. The summed E-state index contributed by atoms with van der Waals surface area (Å²) in [5.74, 6) is 0. The quantitative estimate of drug-likeness (QED) is 0.878. The van der Waals surface area contributed by atoms with E-state index in [4.69, 9.17) is 17.3 Å². The van der Waals surface area contributed by atoms with E-state index in [9.17, 15) is 0 Å². The minimum absolute atomic E-state index is 0.108. The topological polar surface area (TPSA) is 26.0 Å². The Morgan fingerprint density at radius 3 is 2.53 bits per heavy atom. The molecule has 0 bridgehead atoms. The van der Waals surface area contributed by atoms with E-state index in [1.807, 2.05) is 12.1 Å². The number of hydrogen-bond acceptors (Lipinski definition) is 1. The average Bonchev–Trinajstić information content (AvgIpc) is 2.67. The monoisotopic (exact) mass is 287 g/mol. The number of halogens is 2. The van der Waals surface area contributed by atoms with Gasteiger partial charge in [0, 0.05) is 21.5 Å². The number of rotatable bonds is 2. The van der Waals surface area contributed by atoms with Gasteiger partial charge in [0.05, 0.1) is 0 Å². The lowest BCUT2D eigenvalue weighted by molar-refractivity contribution is 0.451. The van der Waals surface area contributed by atoms with Gasteiger partial charge in [-0.1, -0.05) is 46.4 Å². The van der Waals surface area contributed by atoms with Crippen LogP contribution in [0.15, 0.2) is 22.7 Å². The first-order valence-electron chi connectivity index (χ1n) is 5.34. The lowest BCUT2D eigenvalue weighted by Gasteiger charge is -2.30. The Labute approximate surface area is 104 Å². The summed E-state index contributed by atoms with van der Waals surface area (Å²) in [5, 5.41) is 0.844. The summed E-state index contributed by atoms with van der Waals surface area (Å²) in [7, 11) is 0. The molecule has 0 aromatic heterocycles. The average molecular weight is 289 g/mol. The van der Waals surface area contributed by atoms with Crippen LogP contribution in [0.5, 0.6) is 0 Å². The van der Waals surface area contributed by atoms with Gasteiger partial charge in [0.25, 0.3) is 0 Å². The van der Waals surface area contributed by atoms with Gasteiger partial charge in [-0.3, -0.25) is 0 Å². The molecule has 0 saturated heterocycles. The summed E-state index contributed by atoms with van der Waals surface area (Å²) < 4.78 is 1.10. The zero-order valence-electron chi connectivity index (χ0n) is 8.60. The maximum atomic E-state index is 6.29. The molecule has 0 heterocycles. The molecule has 0 radical (unpaired) electrons. The van der Waals surface area contributed by atoms with Gasteiger partial charge in [0.15, 0.2) is 0 Å². The van der Waals surface area contributed by atoms with Crippen LogP contribution in [-0.4, -0.2) is 6.54 Å². The Bertz CT molecular complexity index is 338. The van der Waals surface area contributed by atoms with Crippen molar-refractivity contribution in [2.75, 3.05) is 6.54 Å². The van der Waals surface area contributed by atoms with Crippen LogP contribution in [0.25, 0.3) is 0 Å². The van der Waals surface area contributed by atoms with Crippen molar-refractivity contribution in [3.8, 4) is 0 Å². The predicted molar refractivity (Wildman–Crippen MR) is 68.4 cm³/mol.